The summed E-state index contributed by atoms with van der Waals surface area (Å²) in [5.41, 5.74) is 2.34. The first-order chi connectivity index (χ1) is 10.2. The summed E-state index contributed by atoms with van der Waals surface area (Å²) in [5.74, 6) is 0.0401. The first kappa shape index (κ1) is 16.9. The summed E-state index contributed by atoms with van der Waals surface area (Å²) in [6.45, 7) is 1.98. The summed E-state index contributed by atoms with van der Waals surface area (Å²) in [4.78, 5) is 20.1. The maximum atomic E-state index is 12.0. The van der Waals surface area contributed by atoms with Gasteiger partial charge in [0.15, 0.2) is 5.13 Å². The van der Waals surface area contributed by atoms with Crippen LogP contribution in [0.4, 0.5) is 5.13 Å². The molecule has 2 aromatic rings. The minimum atomic E-state index is 0. The lowest BCUT2D eigenvalue weighted by Gasteiger charge is -2.20. The maximum absolute atomic E-state index is 12.0. The quantitative estimate of drug-likeness (QED) is 0.932. The van der Waals surface area contributed by atoms with E-state index in [1.54, 1.807) is 11.3 Å². The number of carbonyl (C=O) groups excluding carboxylic acids is 1. The van der Waals surface area contributed by atoms with Gasteiger partial charge in [-0.2, -0.15) is 0 Å². The van der Waals surface area contributed by atoms with Gasteiger partial charge in [-0.1, -0.05) is 30.3 Å². The number of hydrogen-bond acceptors (Lipinski definition) is 4. The average molecular weight is 338 g/mol. The predicted molar refractivity (Wildman–Crippen MR) is 92.8 cm³/mol. The van der Waals surface area contributed by atoms with Crippen molar-refractivity contribution in [3.05, 3.63) is 46.5 Å². The normalized spacial score (nSPS) is 14.0. The van der Waals surface area contributed by atoms with Crippen molar-refractivity contribution in [2.75, 3.05) is 18.9 Å². The Balaban J connectivity index is 0.00000176. The summed E-state index contributed by atoms with van der Waals surface area (Å²) < 4.78 is 0. The average Bonchev–Trinajstić information content (AvgIpc) is 2.87. The van der Waals surface area contributed by atoms with Crippen LogP contribution in [0.15, 0.2) is 30.3 Å². The van der Waals surface area contributed by atoms with Crippen molar-refractivity contribution in [2.24, 2.45) is 0 Å². The van der Waals surface area contributed by atoms with E-state index in [4.69, 9.17) is 0 Å². The Morgan fingerprint density at radius 2 is 2.14 bits per heavy atom. The van der Waals surface area contributed by atoms with Crippen LogP contribution in [0, 0.1) is 0 Å². The van der Waals surface area contributed by atoms with Gasteiger partial charge in [0.1, 0.15) is 0 Å². The Bertz CT molecular complexity index is 630. The number of amides is 1. The summed E-state index contributed by atoms with van der Waals surface area (Å²) >= 11 is 1.60. The highest BCUT2D eigenvalue weighted by molar-refractivity contribution is 7.15. The van der Waals surface area contributed by atoms with E-state index in [2.05, 4.69) is 22.2 Å². The van der Waals surface area contributed by atoms with Gasteiger partial charge in [-0.25, -0.2) is 4.98 Å². The van der Waals surface area contributed by atoms with E-state index in [0.29, 0.717) is 6.42 Å². The van der Waals surface area contributed by atoms with Gasteiger partial charge in [0, 0.05) is 30.8 Å². The molecule has 0 spiro atoms. The zero-order valence-electron chi connectivity index (χ0n) is 12.5. The van der Waals surface area contributed by atoms with E-state index in [9.17, 15) is 4.79 Å². The molecule has 1 amide bonds. The number of thiazole rings is 1. The number of aryl methyl sites for hydroxylation is 1. The third-order valence-corrected chi connectivity index (χ3v) is 4.65. The highest BCUT2D eigenvalue weighted by atomic mass is 35.5. The number of halogens is 1. The molecule has 0 radical (unpaired) electrons. The van der Waals surface area contributed by atoms with Crippen LogP contribution in [-0.4, -0.2) is 29.4 Å². The molecule has 2 heterocycles. The highest BCUT2D eigenvalue weighted by Gasteiger charge is 2.18. The van der Waals surface area contributed by atoms with Crippen LogP contribution in [0.3, 0.4) is 0 Å². The molecule has 1 aromatic carbocycles. The molecule has 6 heteroatoms. The van der Waals surface area contributed by atoms with Crippen LogP contribution >= 0.6 is 23.7 Å². The topological polar surface area (TPSA) is 45.2 Å². The zero-order valence-corrected chi connectivity index (χ0v) is 14.2. The van der Waals surface area contributed by atoms with Gasteiger partial charge in [-0.15, -0.1) is 23.7 Å². The van der Waals surface area contributed by atoms with Crippen molar-refractivity contribution < 1.29 is 4.79 Å². The third kappa shape index (κ3) is 4.29. The van der Waals surface area contributed by atoms with Crippen LogP contribution in [-0.2, 0) is 24.2 Å². The largest absolute Gasteiger partial charge is 0.302 e. The Labute approximate surface area is 141 Å². The molecule has 4 nitrogen and oxygen atoms in total. The number of rotatable bonds is 4. The number of benzene rings is 1. The summed E-state index contributed by atoms with van der Waals surface area (Å²) in [6, 6.07) is 10.1. The second-order valence-electron chi connectivity index (χ2n) is 5.41. The third-order valence-electron chi connectivity index (χ3n) is 3.65. The van der Waals surface area contributed by atoms with Crippen LogP contribution in [0.5, 0.6) is 0 Å². The first-order valence-corrected chi connectivity index (χ1v) is 8.03. The molecule has 118 valence electrons. The Hall–Kier alpha value is -1.43. The Kier molecular flexibility index (Phi) is 5.94. The van der Waals surface area contributed by atoms with E-state index in [-0.39, 0.29) is 18.3 Å². The van der Waals surface area contributed by atoms with Gasteiger partial charge in [0.25, 0.3) is 0 Å². The number of fused-ring (bicyclic) bond motifs is 1. The monoisotopic (exact) mass is 337 g/mol. The van der Waals surface area contributed by atoms with E-state index in [1.807, 2.05) is 30.3 Å². The van der Waals surface area contributed by atoms with Gasteiger partial charge in [-0.3, -0.25) is 4.79 Å². The molecule has 22 heavy (non-hydrogen) atoms. The molecule has 3 rings (SSSR count). The molecule has 1 aliphatic rings. The van der Waals surface area contributed by atoms with Crippen molar-refractivity contribution in [3.8, 4) is 0 Å². The van der Waals surface area contributed by atoms with Gasteiger partial charge in [0.2, 0.25) is 5.91 Å². The number of anilines is 1. The van der Waals surface area contributed by atoms with Crippen LogP contribution < -0.4 is 5.32 Å². The minimum absolute atomic E-state index is 0. The zero-order chi connectivity index (χ0) is 14.7. The summed E-state index contributed by atoms with van der Waals surface area (Å²) in [7, 11) is 2.11. The summed E-state index contributed by atoms with van der Waals surface area (Å²) in [5, 5.41) is 3.68. The lowest BCUT2D eigenvalue weighted by atomic mass is 10.1. The SMILES string of the molecule is CN1CCc2nc(NC(=O)CCc3ccccc3)sc2C1.Cl. The Morgan fingerprint density at radius 3 is 2.91 bits per heavy atom. The minimum Gasteiger partial charge on any atom is -0.302 e. The lowest BCUT2D eigenvalue weighted by Crippen LogP contribution is -2.25. The second kappa shape index (κ2) is 7.72. The van der Waals surface area contributed by atoms with Crippen molar-refractivity contribution in [1.29, 1.82) is 0 Å². The molecule has 0 unspecified atom stereocenters. The van der Waals surface area contributed by atoms with Gasteiger partial charge in [0.05, 0.1) is 5.69 Å². The number of carbonyl (C=O) groups is 1. The molecule has 0 bridgehead atoms. The second-order valence-corrected chi connectivity index (χ2v) is 6.49. The smallest absolute Gasteiger partial charge is 0.226 e. The molecule has 0 atom stereocenters. The molecular formula is C16H20ClN3OS. The van der Waals surface area contributed by atoms with Gasteiger partial charge in [-0.05, 0) is 19.0 Å². The van der Waals surface area contributed by atoms with Crippen LogP contribution in [0.25, 0.3) is 0 Å². The van der Waals surface area contributed by atoms with Crippen LogP contribution in [0.2, 0.25) is 0 Å². The predicted octanol–water partition coefficient (Wildman–Crippen LogP) is 3.12. The van der Waals surface area contributed by atoms with Crippen molar-refractivity contribution in [1.82, 2.24) is 9.88 Å². The van der Waals surface area contributed by atoms with E-state index in [1.165, 1.54) is 10.4 Å². The molecule has 1 aromatic heterocycles. The maximum Gasteiger partial charge on any atom is 0.226 e. The molecular weight excluding hydrogens is 318 g/mol. The van der Waals surface area contributed by atoms with Crippen molar-refractivity contribution >= 4 is 34.8 Å². The number of hydrogen-bond donors (Lipinski definition) is 1. The fourth-order valence-electron chi connectivity index (χ4n) is 2.46. The molecule has 0 aliphatic carbocycles. The van der Waals surface area contributed by atoms with Crippen molar-refractivity contribution in [3.63, 3.8) is 0 Å². The van der Waals surface area contributed by atoms with E-state index >= 15 is 0 Å². The molecule has 1 aliphatic heterocycles. The number of aromatic nitrogens is 1. The molecule has 0 fully saturated rings. The standard InChI is InChI=1S/C16H19N3OS.ClH/c1-19-10-9-13-14(11-19)21-16(17-13)18-15(20)8-7-12-5-3-2-4-6-12;/h2-6H,7-11H2,1H3,(H,17,18,20);1H. The fraction of sp³-hybridized carbons (Fsp3) is 0.375. The number of nitrogens with one attached hydrogen (secondary N) is 1. The molecule has 1 N–H and O–H groups in total. The first-order valence-electron chi connectivity index (χ1n) is 7.21. The van der Waals surface area contributed by atoms with E-state index < -0.39 is 0 Å². The lowest BCUT2D eigenvalue weighted by molar-refractivity contribution is -0.116. The van der Waals surface area contributed by atoms with Crippen molar-refractivity contribution in [2.45, 2.75) is 25.8 Å². The van der Waals surface area contributed by atoms with Gasteiger partial charge < -0.3 is 10.2 Å². The summed E-state index contributed by atoms with van der Waals surface area (Å²) in [6.07, 6.45) is 2.23. The fourth-order valence-corrected chi connectivity index (χ4v) is 3.57. The van der Waals surface area contributed by atoms with Crippen LogP contribution in [0.1, 0.15) is 22.6 Å². The Morgan fingerprint density at radius 1 is 1.36 bits per heavy atom. The number of likely N-dealkylation sites (N-methyl/N-ethyl adjacent to an activating group) is 1. The molecule has 0 saturated heterocycles. The molecule has 0 saturated carbocycles. The van der Waals surface area contributed by atoms with E-state index in [0.717, 1.165) is 36.8 Å². The highest BCUT2D eigenvalue weighted by Crippen LogP contribution is 2.27. The van der Waals surface area contributed by atoms with Gasteiger partial charge >= 0.3 is 0 Å². The number of nitrogens with zero attached hydrogens (tertiary/aromatic N) is 2.